The van der Waals surface area contributed by atoms with Gasteiger partial charge in [-0.3, -0.25) is 4.79 Å². The topological polar surface area (TPSA) is 66.8 Å². The number of amides is 1. The number of rotatable bonds is 3. The Morgan fingerprint density at radius 3 is 2.50 bits per heavy atom. The highest BCUT2D eigenvalue weighted by molar-refractivity contribution is 5.75. The monoisotopic (exact) mass is 281 g/mol. The molecule has 112 valence electrons. The van der Waals surface area contributed by atoms with E-state index in [0.717, 1.165) is 38.5 Å². The van der Waals surface area contributed by atoms with Crippen LogP contribution in [-0.4, -0.2) is 41.8 Å². The third-order valence-corrected chi connectivity index (χ3v) is 4.63. The van der Waals surface area contributed by atoms with Crippen molar-refractivity contribution < 1.29 is 19.4 Å². The molecule has 1 saturated heterocycles. The van der Waals surface area contributed by atoms with Crippen molar-refractivity contribution in [1.29, 1.82) is 0 Å². The van der Waals surface area contributed by atoms with Crippen LogP contribution >= 0.6 is 0 Å². The van der Waals surface area contributed by atoms with Gasteiger partial charge in [-0.2, -0.15) is 0 Å². The van der Waals surface area contributed by atoms with Crippen molar-refractivity contribution in [3.8, 4) is 0 Å². The van der Waals surface area contributed by atoms with Crippen LogP contribution in [0.15, 0.2) is 12.7 Å². The first-order valence-corrected chi connectivity index (χ1v) is 7.34. The quantitative estimate of drug-likeness (QED) is 0.808. The summed E-state index contributed by atoms with van der Waals surface area (Å²) in [6, 6.07) is 0. The largest absolute Gasteiger partial charge is 0.481 e. The zero-order valence-electron chi connectivity index (χ0n) is 11.8. The molecule has 1 atom stereocenters. The number of carbonyl (C=O) groups excluding carboxylic acids is 1. The molecule has 2 aliphatic rings. The number of carbonyl (C=O) groups is 2. The molecule has 5 nitrogen and oxygen atoms in total. The number of aliphatic carboxylic acids is 1. The number of carboxylic acid groups (broad SMARTS) is 1. The van der Waals surface area contributed by atoms with E-state index in [0.29, 0.717) is 6.54 Å². The Bertz CT molecular complexity index is 385. The van der Waals surface area contributed by atoms with E-state index in [4.69, 9.17) is 4.74 Å². The van der Waals surface area contributed by atoms with Crippen molar-refractivity contribution in [2.75, 3.05) is 19.7 Å². The maximum Gasteiger partial charge on any atom is 0.410 e. The van der Waals surface area contributed by atoms with E-state index < -0.39 is 18.0 Å². The van der Waals surface area contributed by atoms with Crippen LogP contribution in [0, 0.1) is 11.3 Å². The summed E-state index contributed by atoms with van der Waals surface area (Å²) in [4.78, 5) is 25.1. The second kappa shape index (κ2) is 6.29. The predicted octanol–water partition coefficient (Wildman–Crippen LogP) is 2.67. The van der Waals surface area contributed by atoms with Gasteiger partial charge in [-0.05, 0) is 12.8 Å². The molecule has 2 rings (SSSR count). The number of hydrogen-bond donors (Lipinski definition) is 1. The molecule has 1 saturated carbocycles. The number of nitrogens with zero attached hydrogens (tertiary/aromatic N) is 1. The highest BCUT2D eigenvalue weighted by Crippen LogP contribution is 2.46. The van der Waals surface area contributed by atoms with Crippen LogP contribution in [0.25, 0.3) is 0 Å². The lowest BCUT2D eigenvalue weighted by atomic mass is 9.72. The molecular formula is C15H23NO4. The minimum Gasteiger partial charge on any atom is -0.481 e. The second-order valence-corrected chi connectivity index (χ2v) is 5.91. The van der Waals surface area contributed by atoms with Gasteiger partial charge < -0.3 is 14.7 Å². The Hall–Kier alpha value is -1.52. The minimum atomic E-state index is -0.786. The van der Waals surface area contributed by atoms with Gasteiger partial charge in [-0.25, -0.2) is 4.79 Å². The summed E-state index contributed by atoms with van der Waals surface area (Å²) in [5, 5.41) is 9.50. The highest BCUT2D eigenvalue weighted by Gasteiger charge is 2.51. The fourth-order valence-electron chi connectivity index (χ4n) is 3.61. The summed E-state index contributed by atoms with van der Waals surface area (Å²) in [5.41, 5.74) is -0.254. The van der Waals surface area contributed by atoms with Crippen molar-refractivity contribution in [2.45, 2.75) is 38.5 Å². The van der Waals surface area contributed by atoms with Crippen LogP contribution in [-0.2, 0) is 9.53 Å². The van der Waals surface area contributed by atoms with Gasteiger partial charge in [0.25, 0.3) is 0 Å². The van der Waals surface area contributed by atoms with Gasteiger partial charge in [0.05, 0.1) is 5.92 Å². The summed E-state index contributed by atoms with van der Waals surface area (Å²) in [7, 11) is 0. The van der Waals surface area contributed by atoms with Gasteiger partial charge in [0, 0.05) is 18.5 Å². The third-order valence-electron chi connectivity index (χ3n) is 4.63. The summed E-state index contributed by atoms with van der Waals surface area (Å²) in [6.07, 6.45) is 7.33. The van der Waals surface area contributed by atoms with Crippen molar-refractivity contribution in [1.82, 2.24) is 4.90 Å². The smallest absolute Gasteiger partial charge is 0.410 e. The van der Waals surface area contributed by atoms with E-state index in [1.165, 1.54) is 6.08 Å². The fourth-order valence-corrected chi connectivity index (χ4v) is 3.61. The standard InChI is InChI=1S/C15H23NO4/c1-2-9-20-14(19)16-10-12(13(17)18)15(11-16)7-5-3-4-6-8-15/h2,12H,1,3-11H2,(H,17,18). The molecule has 0 aromatic heterocycles. The third kappa shape index (κ3) is 2.97. The lowest BCUT2D eigenvalue weighted by molar-refractivity contribution is -0.145. The van der Waals surface area contributed by atoms with Gasteiger partial charge in [0.15, 0.2) is 0 Å². The van der Waals surface area contributed by atoms with Crippen LogP contribution in [0.4, 0.5) is 4.79 Å². The SMILES string of the molecule is C=CCOC(=O)N1CC(C(=O)O)C2(CCCCCC2)C1. The summed E-state index contributed by atoms with van der Waals surface area (Å²) in [6.45, 7) is 4.46. The average molecular weight is 281 g/mol. The van der Waals surface area contributed by atoms with E-state index in [2.05, 4.69) is 6.58 Å². The molecule has 1 heterocycles. The lowest BCUT2D eigenvalue weighted by Crippen LogP contribution is -2.35. The summed E-state index contributed by atoms with van der Waals surface area (Å²) >= 11 is 0. The Morgan fingerprint density at radius 1 is 1.30 bits per heavy atom. The molecule has 1 aliphatic heterocycles. The van der Waals surface area contributed by atoms with Crippen LogP contribution in [0.2, 0.25) is 0 Å². The predicted molar refractivity (Wildman–Crippen MR) is 74.4 cm³/mol. The summed E-state index contributed by atoms with van der Waals surface area (Å²) < 4.78 is 5.04. The minimum absolute atomic E-state index is 0.167. The first-order chi connectivity index (χ1) is 9.59. The van der Waals surface area contributed by atoms with E-state index in [-0.39, 0.29) is 18.6 Å². The Morgan fingerprint density at radius 2 is 1.95 bits per heavy atom. The maximum atomic E-state index is 11.9. The molecule has 0 bridgehead atoms. The number of ether oxygens (including phenoxy) is 1. The van der Waals surface area contributed by atoms with Gasteiger partial charge in [0.1, 0.15) is 6.61 Å². The van der Waals surface area contributed by atoms with Crippen molar-refractivity contribution >= 4 is 12.1 Å². The summed E-state index contributed by atoms with van der Waals surface area (Å²) in [5.74, 6) is -1.25. The molecule has 1 spiro atoms. The molecule has 1 aliphatic carbocycles. The van der Waals surface area contributed by atoms with Crippen LogP contribution in [0.1, 0.15) is 38.5 Å². The van der Waals surface area contributed by atoms with E-state index in [9.17, 15) is 14.7 Å². The fraction of sp³-hybridized carbons (Fsp3) is 0.733. The van der Waals surface area contributed by atoms with Gasteiger partial charge in [0.2, 0.25) is 0 Å². The molecule has 1 amide bonds. The van der Waals surface area contributed by atoms with Crippen LogP contribution < -0.4 is 0 Å². The molecule has 1 unspecified atom stereocenters. The van der Waals surface area contributed by atoms with Crippen LogP contribution in [0.3, 0.4) is 0 Å². The number of carboxylic acids is 1. The van der Waals surface area contributed by atoms with Crippen molar-refractivity contribution in [3.05, 3.63) is 12.7 Å². The molecule has 0 radical (unpaired) electrons. The number of hydrogen-bond acceptors (Lipinski definition) is 3. The molecule has 0 aromatic rings. The Balaban J connectivity index is 2.12. The molecule has 0 aromatic carbocycles. The first kappa shape index (κ1) is 14.9. The Labute approximate surface area is 119 Å². The maximum absolute atomic E-state index is 11.9. The van der Waals surface area contributed by atoms with Gasteiger partial charge in [-0.15, -0.1) is 0 Å². The second-order valence-electron chi connectivity index (χ2n) is 5.91. The van der Waals surface area contributed by atoms with Crippen molar-refractivity contribution in [2.24, 2.45) is 11.3 Å². The van der Waals surface area contributed by atoms with E-state index in [1.54, 1.807) is 4.90 Å². The van der Waals surface area contributed by atoms with Crippen LogP contribution in [0.5, 0.6) is 0 Å². The van der Waals surface area contributed by atoms with E-state index >= 15 is 0 Å². The molecule has 20 heavy (non-hydrogen) atoms. The highest BCUT2D eigenvalue weighted by atomic mass is 16.6. The molecular weight excluding hydrogens is 258 g/mol. The average Bonchev–Trinajstić information content (AvgIpc) is 2.63. The van der Waals surface area contributed by atoms with Gasteiger partial charge >= 0.3 is 12.1 Å². The molecule has 2 fully saturated rings. The number of likely N-dealkylation sites (tertiary alicyclic amines) is 1. The first-order valence-electron chi connectivity index (χ1n) is 7.34. The zero-order valence-corrected chi connectivity index (χ0v) is 11.8. The normalized spacial score (nSPS) is 25.2. The molecule has 5 heteroatoms. The molecule has 1 N–H and O–H groups in total. The van der Waals surface area contributed by atoms with E-state index in [1.807, 2.05) is 0 Å². The Kier molecular flexibility index (Phi) is 4.68. The van der Waals surface area contributed by atoms with Gasteiger partial charge in [-0.1, -0.05) is 38.3 Å². The lowest BCUT2D eigenvalue weighted by Gasteiger charge is -2.31. The zero-order chi connectivity index (χ0) is 14.6. The van der Waals surface area contributed by atoms with Crippen molar-refractivity contribution in [3.63, 3.8) is 0 Å².